The van der Waals surface area contributed by atoms with Gasteiger partial charge in [0.1, 0.15) is 0 Å². The third-order valence-electron chi connectivity index (χ3n) is 4.92. The van der Waals surface area contributed by atoms with Crippen molar-refractivity contribution in [3.63, 3.8) is 0 Å². The molecular formula is C16H23BFNO3. The highest BCUT2D eigenvalue weighted by molar-refractivity contribution is 6.62. The molecular weight excluding hydrogens is 284 g/mol. The van der Waals surface area contributed by atoms with E-state index in [1.807, 2.05) is 33.8 Å². The van der Waals surface area contributed by atoms with E-state index in [1.54, 1.807) is 6.07 Å². The molecule has 22 heavy (non-hydrogen) atoms. The number of hydrogen-bond acceptors (Lipinski definition) is 4. The van der Waals surface area contributed by atoms with Gasteiger partial charge in [-0.15, -0.1) is 0 Å². The standard InChI is InChI=1S/C16H23BFNO3/c1-15(2)16(3,4)22-17(21-15)11-8-9-12(19-14(11)18)13-7-5-6-10-20-13/h8-9,13H,5-7,10H2,1-4H3. The first-order valence-corrected chi connectivity index (χ1v) is 7.94. The highest BCUT2D eigenvalue weighted by atomic mass is 19.1. The van der Waals surface area contributed by atoms with Crippen LogP contribution in [0.4, 0.5) is 4.39 Å². The van der Waals surface area contributed by atoms with Gasteiger partial charge in [0.25, 0.3) is 0 Å². The molecule has 2 fully saturated rings. The SMILES string of the molecule is CC1(C)OB(c2ccc(C3CCCCO3)nc2F)OC1(C)C. The molecule has 0 aromatic carbocycles. The van der Waals surface area contributed by atoms with Crippen LogP contribution in [-0.4, -0.2) is 29.9 Å². The summed E-state index contributed by atoms with van der Waals surface area (Å²) in [6.45, 7) is 8.50. The summed E-state index contributed by atoms with van der Waals surface area (Å²) in [4.78, 5) is 4.09. The Hall–Kier alpha value is -0.975. The van der Waals surface area contributed by atoms with Crippen LogP contribution < -0.4 is 5.46 Å². The summed E-state index contributed by atoms with van der Waals surface area (Å²) in [5.41, 5.74) is 0.0144. The molecule has 4 nitrogen and oxygen atoms in total. The summed E-state index contributed by atoms with van der Waals surface area (Å²) in [6, 6.07) is 3.53. The minimum absolute atomic E-state index is 0.101. The van der Waals surface area contributed by atoms with Gasteiger partial charge in [0.15, 0.2) is 0 Å². The summed E-state index contributed by atoms with van der Waals surface area (Å²) in [5.74, 6) is -0.537. The first-order chi connectivity index (χ1) is 10.3. The predicted octanol–water partition coefficient (Wildman–Crippen LogP) is 2.76. The molecule has 0 spiro atoms. The van der Waals surface area contributed by atoms with Crippen molar-refractivity contribution in [2.75, 3.05) is 6.61 Å². The third kappa shape index (κ3) is 2.80. The molecule has 0 N–H and O–H groups in total. The van der Waals surface area contributed by atoms with Crippen LogP contribution in [0.5, 0.6) is 0 Å². The topological polar surface area (TPSA) is 40.6 Å². The lowest BCUT2D eigenvalue weighted by Crippen LogP contribution is -2.41. The Bertz CT molecular complexity index is 542. The number of nitrogens with zero attached hydrogens (tertiary/aromatic N) is 1. The average molecular weight is 307 g/mol. The average Bonchev–Trinajstić information content (AvgIpc) is 2.68. The van der Waals surface area contributed by atoms with Gasteiger partial charge in [0, 0.05) is 12.1 Å². The predicted molar refractivity (Wildman–Crippen MR) is 82.5 cm³/mol. The van der Waals surface area contributed by atoms with Crippen molar-refractivity contribution in [2.45, 2.75) is 64.3 Å². The molecule has 3 rings (SSSR count). The summed E-state index contributed by atoms with van der Waals surface area (Å²) < 4.78 is 31.9. The molecule has 120 valence electrons. The van der Waals surface area contributed by atoms with E-state index in [1.165, 1.54) is 0 Å². The Morgan fingerprint density at radius 1 is 1.14 bits per heavy atom. The highest BCUT2D eigenvalue weighted by Gasteiger charge is 2.52. The maximum Gasteiger partial charge on any atom is 0.499 e. The van der Waals surface area contributed by atoms with E-state index in [9.17, 15) is 4.39 Å². The van der Waals surface area contributed by atoms with Crippen LogP contribution in [0.3, 0.4) is 0 Å². The van der Waals surface area contributed by atoms with Crippen molar-refractivity contribution < 1.29 is 18.4 Å². The Labute approximate surface area is 131 Å². The molecule has 0 amide bonds. The number of pyridine rings is 1. The largest absolute Gasteiger partial charge is 0.499 e. The fraction of sp³-hybridized carbons (Fsp3) is 0.688. The number of rotatable bonds is 2. The van der Waals surface area contributed by atoms with E-state index < -0.39 is 24.3 Å². The molecule has 1 unspecified atom stereocenters. The second-order valence-electron chi connectivity index (χ2n) is 7.06. The first kappa shape index (κ1) is 15.9. The highest BCUT2D eigenvalue weighted by Crippen LogP contribution is 2.36. The third-order valence-corrected chi connectivity index (χ3v) is 4.92. The molecule has 6 heteroatoms. The molecule has 2 aliphatic rings. The zero-order valence-electron chi connectivity index (χ0n) is 13.7. The van der Waals surface area contributed by atoms with Gasteiger partial charge < -0.3 is 14.0 Å². The minimum atomic E-state index is -0.723. The van der Waals surface area contributed by atoms with Crippen LogP contribution in [-0.2, 0) is 14.0 Å². The summed E-state index contributed by atoms with van der Waals surface area (Å²) >= 11 is 0. The normalized spacial score (nSPS) is 27.1. The van der Waals surface area contributed by atoms with E-state index >= 15 is 0 Å². The molecule has 1 aromatic rings. The van der Waals surface area contributed by atoms with E-state index in [2.05, 4.69) is 4.98 Å². The van der Waals surface area contributed by atoms with Crippen molar-refractivity contribution >= 4 is 12.6 Å². The molecule has 1 atom stereocenters. The second kappa shape index (κ2) is 5.58. The van der Waals surface area contributed by atoms with Crippen LogP contribution in [0.2, 0.25) is 0 Å². The van der Waals surface area contributed by atoms with E-state index in [0.29, 0.717) is 17.8 Å². The molecule has 0 aliphatic carbocycles. The zero-order chi connectivity index (χ0) is 16.0. The molecule has 1 aromatic heterocycles. The van der Waals surface area contributed by atoms with E-state index in [4.69, 9.17) is 14.0 Å². The lowest BCUT2D eigenvalue weighted by molar-refractivity contribution is 0.00578. The summed E-state index contributed by atoms with van der Waals surface area (Å²) in [5, 5.41) is 0. The monoisotopic (exact) mass is 307 g/mol. The number of halogens is 1. The van der Waals surface area contributed by atoms with Crippen LogP contribution in [0.1, 0.15) is 58.8 Å². The lowest BCUT2D eigenvalue weighted by Gasteiger charge is -2.32. The minimum Gasteiger partial charge on any atom is -0.399 e. The van der Waals surface area contributed by atoms with Gasteiger partial charge in [0.2, 0.25) is 5.95 Å². The molecule has 3 heterocycles. The first-order valence-electron chi connectivity index (χ1n) is 7.94. The van der Waals surface area contributed by atoms with Gasteiger partial charge in [-0.25, -0.2) is 4.98 Å². The van der Waals surface area contributed by atoms with Gasteiger partial charge in [-0.3, -0.25) is 0 Å². The molecule has 2 saturated heterocycles. The Balaban J connectivity index is 1.81. The van der Waals surface area contributed by atoms with Crippen molar-refractivity contribution in [3.8, 4) is 0 Å². The molecule has 0 bridgehead atoms. The fourth-order valence-corrected chi connectivity index (χ4v) is 2.76. The van der Waals surface area contributed by atoms with Gasteiger partial charge >= 0.3 is 7.12 Å². The van der Waals surface area contributed by atoms with Crippen LogP contribution >= 0.6 is 0 Å². The van der Waals surface area contributed by atoms with Gasteiger partial charge in [-0.05, 0) is 53.0 Å². The Morgan fingerprint density at radius 3 is 2.36 bits per heavy atom. The van der Waals surface area contributed by atoms with E-state index in [-0.39, 0.29) is 6.10 Å². The molecule has 2 aliphatic heterocycles. The van der Waals surface area contributed by atoms with Crippen molar-refractivity contribution in [2.24, 2.45) is 0 Å². The number of ether oxygens (including phenoxy) is 1. The maximum absolute atomic E-state index is 14.4. The van der Waals surface area contributed by atoms with Crippen LogP contribution in [0.25, 0.3) is 0 Å². The summed E-state index contributed by atoms with van der Waals surface area (Å²) in [7, 11) is -0.723. The fourth-order valence-electron chi connectivity index (χ4n) is 2.76. The number of aromatic nitrogens is 1. The molecule has 0 saturated carbocycles. The quantitative estimate of drug-likeness (QED) is 0.622. The second-order valence-corrected chi connectivity index (χ2v) is 7.06. The smallest absolute Gasteiger partial charge is 0.399 e. The van der Waals surface area contributed by atoms with Crippen LogP contribution in [0, 0.1) is 5.95 Å². The van der Waals surface area contributed by atoms with Gasteiger partial charge in [0.05, 0.1) is 23.0 Å². The Kier molecular flexibility index (Phi) is 4.04. The van der Waals surface area contributed by atoms with E-state index in [0.717, 1.165) is 19.3 Å². The molecule has 0 radical (unpaired) electrons. The number of hydrogen-bond donors (Lipinski definition) is 0. The van der Waals surface area contributed by atoms with Gasteiger partial charge in [-0.1, -0.05) is 6.07 Å². The maximum atomic E-state index is 14.4. The van der Waals surface area contributed by atoms with Crippen molar-refractivity contribution in [1.29, 1.82) is 0 Å². The van der Waals surface area contributed by atoms with Crippen LogP contribution in [0.15, 0.2) is 12.1 Å². The lowest BCUT2D eigenvalue weighted by atomic mass is 9.79. The van der Waals surface area contributed by atoms with Crippen molar-refractivity contribution in [3.05, 3.63) is 23.8 Å². The van der Waals surface area contributed by atoms with Gasteiger partial charge in [-0.2, -0.15) is 4.39 Å². The summed E-state index contributed by atoms with van der Waals surface area (Å²) in [6.07, 6.45) is 2.94. The zero-order valence-corrected chi connectivity index (χ0v) is 13.7. The Morgan fingerprint density at radius 2 is 1.82 bits per heavy atom. The van der Waals surface area contributed by atoms with Crippen molar-refractivity contribution in [1.82, 2.24) is 4.98 Å².